The molecule has 0 fully saturated rings. The molecule has 0 aliphatic rings. The van der Waals surface area contributed by atoms with Crippen molar-refractivity contribution in [1.29, 1.82) is 0 Å². The van der Waals surface area contributed by atoms with Crippen LogP contribution in [0, 0.1) is 5.21 Å². The fraction of sp³-hybridized carbons (Fsp3) is 0.222. The molecule has 2 rings (SSSR count). The van der Waals surface area contributed by atoms with Crippen LogP contribution in [0.25, 0.3) is 0 Å². The second-order valence-corrected chi connectivity index (χ2v) is 5.36. The predicted octanol–water partition coefficient (Wildman–Crippen LogP) is 0.794. The Hall–Kier alpha value is -3.42. The molecule has 8 heteroatoms. The molecule has 136 valence electrons. The van der Waals surface area contributed by atoms with Crippen LogP contribution >= 0.6 is 0 Å². The molecular formula is C18H19N3O5. The molecule has 0 atom stereocenters. The van der Waals surface area contributed by atoms with E-state index in [1.807, 2.05) is 25.1 Å². The molecule has 2 aromatic rings. The summed E-state index contributed by atoms with van der Waals surface area (Å²) in [4.78, 5) is 35.3. The third-order valence-electron chi connectivity index (χ3n) is 3.49. The van der Waals surface area contributed by atoms with Crippen LogP contribution in [-0.2, 0) is 20.7 Å². The van der Waals surface area contributed by atoms with Crippen molar-refractivity contribution in [3.63, 3.8) is 0 Å². The first-order valence-electron chi connectivity index (χ1n) is 8.00. The Bertz CT molecular complexity index is 790. The second kappa shape index (κ2) is 9.16. The molecule has 8 nitrogen and oxygen atoms in total. The lowest BCUT2D eigenvalue weighted by Gasteiger charge is -2.10. The number of pyridine rings is 1. The van der Waals surface area contributed by atoms with E-state index in [4.69, 9.17) is 4.74 Å². The highest BCUT2D eigenvalue weighted by Crippen LogP contribution is 2.14. The van der Waals surface area contributed by atoms with E-state index in [-0.39, 0.29) is 18.0 Å². The first-order chi connectivity index (χ1) is 12.5. The number of anilines is 1. The van der Waals surface area contributed by atoms with Crippen LogP contribution in [0.2, 0.25) is 0 Å². The van der Waals surface area contributed by atoms with Crippen LogP contribution in [0.5, 0.6) is 0 Å². The third kappa shape index (κ3) is 5.59. The Labute approximate surface area is 150 Å². The fourth-order valence-electron chi connectivity index (χ4n) is 2.14. The molecule has 0 saturated carbocycles. The SMILES string of the molecule is CCc1ccccc1NC(=O)CNC(=O)COC(=O)c1cc[n+]([O-])cc1. The molecule has 0 aliphatic heterocycles. The lowest BCUT2D eigenvalue weighted by molar-refractivity contribution is -0.605. The number of hydrogen-bond donors (Lipinski definition) is 2. The number of ether oxygens (including phenoxy) is 1. The van der Waals surface area contributed by atoms with Gasteiger partial charge in [0.25, 0.3) is 5.91 Å². The van der Waals surface area contributed by atoms with Gasteiger partial charge in [-0.2, -0.15) is 4.73 Å². The molecule has 2 N–H and O–H groups in total. The summed E-state index contributed by atoms with van der Waals surface area (Å²) in [6.07, 6.45) is 3.06. The first kappa shape index (κ1) is 18.9. The van der Waals surface area contributed by atoms with Crippen molar-refractivity contribution in [3.05, 3.63) is 65.1 Å². The lowest BCUT2D eigenvalue weighted by atomic mass is 10.1. The van der Waals surface area contributed by atoms with Gasteiger partial charge in [0, 0.05) is 17.8 Å². The maximum Gasteiger partial charge on any atom is 0.339 e. The Balaban J connectivity index is 1.75. The number of amides is 2. The minimum absolute atomic E-state index is 0.152. The minimum atomic E-state index is -0.734. The van der Waals surface area contributed by atoms with E-state index in [1.54, 1.807) is 6.07 Å². The van der Waals surface area contributed by atoms with Gasteiger partial charge in [-0.05, 0) is 18.1 Å². The zero-order valence-electron chi connectivity index (χ0n) is 14.2. The summed E-state index contributed by atoms with van der Waals surface area (Å²) >= 11 is 0. The van der Waals surface area contributed by atoms with Gasteiger partial charge in [-0.3, -0.25) is 9.59 Å². The maximum atomic E-state index is 11.9. The van der Waals surface area contributed by atoms with Crippen LogP contribution in [0.1, 0.15) is 22.8 Å². The normalized spacial score (nSPS) is 10.0. The van der Waals surface area contributed by atoms with Crippen molar-refractivity contribution in [3.8, 4) is 0 Å². The molecule has 1 aromatic heterocycles. The predicted molar refractivity (Wildman–Crippen MR) is 93.1 cm³/mol. The van der Waals surface area contributed by atoms with Gasteiger partial charge in [0.2, 0.25) is 5.91 Å². The topological polar surface area (TPSA) is 111 Å². The van der Waals surface area contributed by atoms with E-state index in [2.05, 4.69) is 10.6 Å². The molecular weight excluding hydrogens is 338 g/mol. The van der Waals surface area contributed by atoms with Crippen molar-refractivity contribution in [2.45, 2.75) is 13.3 Å². The summed E-state index contributed by atoms with van der Waals surface area (Å²) in [5, 5.41) is 16.0. The summed E-state index contributed by atoms with van der Waals surface area (Å²) < 4.78 is 5.35. The molecule has 2 amide bonds. The summed E-state index contributed by atoms with van der Waals surface area (Å²) in [7, 11) is 0. The number of nitrogens with zero attached hydrogens (tertiary/aromatic N) is 1. The monoisotopic (exact) mass is 357 g/mol. The highest BCUT2D eigenvalue weighted by molar-refractivity contribution is 5.96. The van der Waals surface area contributed by atoms with Crippen molar-refractivity contribution >= 4 is 23.5 Å². The summed E-state index contributed by atoms with van der Waals surface area (Å²) in [5.74, 6) is -1.72. The highest BCUT2D eigenvalue weighted by atomic mass is 16.5. The minimum Gasteiger partial charge on any atom is -0.619 e. The molecule has 0 bridgehead atoms. The van der Waals surface area contributed by atoms with Crippen molar-refractivity contribution in [1.82, 2.24) is 5.32 Å². The summed E-state index contributed by atoms with van der Waals surface area (Å²) in [6, 6.07) is 9.95. The van der Waals surface area contributed by atoms with Gasteiger partial charge in [-0.15, -0.1) is 0 Å². The lowest BCUT2D eigenvalue weighted by Crippen LogP contribution is -2.35. The highest BCUT2D eigenvalue weighted by Gasteiger charge is 2.12. The van der Waals surface area contributed by atoms with E-state index in [1.165, 1.54) is 12.1 Å². The number of carbonyl (C=O) groups is 3. The Morgan fingerprint density at radius 2 is 1.77 bits per heavy atom. The quantitative estimate of drug-likeness (QED) is 0.432. The van der Waals surface area contributed by atoms with Gasteiger partial charge >= 0.3 is 5.97 Å². The van der Waals surface area contributed by atoms with Gasteiger partial charge in [0.1, 0.15) is 0 Å². The smallest absolute Gasteiger partial charge is 0.339 e. The number of esters is 1. The van der Waals surface area contributed by atoms with Gasteiger partial charge in [0.05, 0.1) is 12.1 Å². The maximum absolute atomic E-state index is 11.9. The standard InChI is InChI=1S/C18H19N3O5/c1-2-13-5-3-4-6-15(13)20-16(22)11-19-17(23)12-26-18(24)14-7-9-21(25)10-8-14/h3-10H,2,11-12H2,1H3,(H,19,23)(H,20,22). The number of aromatic nitrogens is 1. The van der Waals surface area contributed by atoms with E-state index >= 15 is 0 Å². The second-order valence-electron chi connectivity index (χ2n) is 5.36. The molecule has 0 saturated heterocycles. The molecule has 1 heterocycles. The van der Waals surface area contributed by atoms with Crippen molar-refractivity contribution in [2.75, 3.05) is 18.5 Å². The van der Waals surface area contributed by atoms with Gasteiger partial charge in [-0.25, -0.2) is 4.79 Å². The Morgan fingerprint density at radius 1 is 1.08 bits per heavy atom. The number of nitrogens with one attached hydrogen (secondary N) is 2. The number of rotatable bonds is 7. The van der Waals surface area contributed by atoms with Gasteiger partial charge in [0.15, 0.2) is 19.0 Å². The molecule has 1 aromatic carbocycles. The number of para-hydroxylation sites is 1. The van der Waals surface area contributed by atoms with E-state index < -0.39 is 18.5 Å². The van der Waals surface area contributed by atoms with Crippen LogP contribution in [0.4, 0.5) is 5.69 Å². The van der Waals surface area contributed by atoms with Crippen LogP contribution in [-0.4, -0.2) is 30.9 Å². The van der Waals surface area contributed by atoms with Gasteiger partial charge < -0.3 is 20.6 Å². The van der Waals surface area contributed by atoms with Crippen LogP contribution in [0.3, 0.4) is 0 Å². The summed E-state index contributed by atoms with van der Waals surface area (Å²) in [5.41, 5.74) is 1.84. The number of aryl methyl sites for hydroxylation is 1. The molecule has 0 spiro atoms. The van der Waals surface area contributed by atoms with Crippen LogP contribution in [0.15, 0.2) is 48.8 Å². The molecule has 26 heavy (non-hydrogen) atoms. The molecule has 0 radical (unpaired) electrons. The number of hydrogen-bond acceptors (Lipinski definition) is 5. The summed E-state index contributed by atoms with van der Waals surface area (Å²) in [6.45, 7) is 1.21. The average Bonchev–Trinajstić information content (AvgIpc) is 2.65. The van der Waals surface area contributed by atoms with Crippen LogP contribution < -0.4 is 15.4 Å². The Morgan fingerprint density at radius 3 is 2.46 bits per heavy atom. The van der Waals surface area contributed by atoms with E-state index in [9.17, 15) is 19.6 Å². The van der Waals surface area contributed by atoms with Gasteiger partial charge in [-0.1, -0.05) is 25.1 Å². The zero-order chi connectivity index (χ0) is 18.9. The first-order valence-corrected chi connectivity index (χ1v) is 8.00. The number of benzene rings is 1. The molecule has 0 unspecified atom stereocenters. The zero-order valence-corrected chi connectivity index (χ0v) is 14.2. The molecule has 0 aliphatic carbocycles. The van der Waals surface area contributed by atoms with E-state index in [0.717, 1.165) is 24.4 Å². The number of carbonyl (C=O) groups excluding carboxylic acids is 3. The largest absolute Gasteiger partial charge is 0.619 e. The average molecular weight is 357 g/mol. The van der Waals surface area contributed by atoms with Crippen molar-refractivity contribution < 1.29 is 23.9 Å². The third-order valence-corrected chi connectivity index (χ3v) is 3.49. The fourth-order valence-corrected chi connectivity index (χ4v) is 2.14. The van der Waals surface area contributed by atoms with Crippen molar-refractivity contribution in [2.24, 2.45) is 0 Å². The van der Waals surface area contributed by atoms with E-state index in [0.29, 0.717) is 10.4 Å². The Kier molecular flexibility index (Phi) is 6.67.